The summed E-state index contributed by atoms with van der Waals surface area (Å²) >= 11 is 0. The highest BCUT2D eigenvalue weighted by Gasteiger charge is 2.44. The first-order valence-corrected chi connectivity index (χ1v) is 11.5. The van der Waals surface area contributed by atoms with Crippen LogP contribution >= 0.6 is 0 Å². The third-order valence-corrected chi connectivity index (χ3v) is 7.29. The molecule has 2 saturated carbocycles. The van der Waals surface area contributed by atoms with E-state index in [1.165, 1.54) is 50.2 Å². The van der Waals surface area contributed by atoms with E-state index in [0.717, 1.165) is 17.8 Å². The van der Waals surface area contributed by atoms with Crippen molar-refractivity contribution in [1.29, 1.82) is 0 Å². The highest BCUT2D eigenvalue weighted by molar-refractivity contribution is 5.65. The van der Waals surface area contributed by atoms with Crippen LogP contribution in [-0.4, -0.2) is 6.61 Å². The van der Waals surface area contributed by atoms with Crippen LogP contribution in [0.3, 0.4) is 0 Å². The average Bonchev–Trinajstić information content (AvgIpc) is 3.35. The Morgan fingerprint density at radius 2 is 1.70 bits per heavy atom. The maximum absolute atomic E-state index is 14.6. The molecular weight excluding hydrogens is 378 g/mol. The van der Waals surface area contributed by atoms with Crippen molar-refractivity contribution < 1.29 is 13.5 Å². The van der Waals surface area contributed by atoms with Crippen LogP contribution in [0.25, 0.3) is 11.1 Å². The molecular formula is C27H32F2O. The van der Waals surface area contributed by atoms with E-state index in [-0.39, 0.29) is 11.3 Å². The molecule has 0 aromatic heterocycles. The molecule has 0 radical (unpaired) electrons. The molecule has 2 aliphatic rings. The Kier molecular flexibility index (Phi) is 6.55. The molecule has 2 aliphatic carbocycles. The van der Waals surface area contributed by atoms with E-state index >= 15 is 0 Å². The van der Waals surface area contributed by atoms with E-state index in [1.54, 1.807) is 13.0 Å². The molecule has 0 amide bonds. The quantitative estimate of drug-likeness (QED) is 0.421. The van der Waals surface area contributed by atoms with Gasteiger partial charge < -0.3 is 4.74 Å². The van der Waals surface area contributed by atoms with Crippen LogP contribution in [0.1, 0.15) is 63.9 Å². The summed E-state index contributed by atoms with van der Waals surface area (Å²) in [4.78, 5) is 0. The van der Waals surface area contributed by atoms with Gasteiger partial charge in [0.15, 0.2) is 11.6 Å². The number of benzene rings is 2. The Balaban J connectivity index is 1.48. The summed E-state index contributed by atoms with van der Waals surface area (Å²) in [7, 11) is 0. The summed E-state index contributed by atoms with van der Waals surface area (Å²) in [5.41, 5.74) is 2.35. The molecule has 3 heteroatoms. The number of fused-ring (bicyclic) bond motifs is 1. The van der Waals surface area contributed by atoms with Crippen LogP contribution in [0.2, 0.25) is 0 Å². The van der Waals surface area contributed by atoms with Gasteiger partial charge >= 0.3 is 0 Å². The normalized spacial score (nSPS) is 25.7. The van der Waals surface area contributed by atoms with Gasteiger partial charge in [0.05, 0.1) is 6.61 Å². The number of ether oxygens (including phenoxy) is 1. The van der Waals surface area contributed by atoms with Crippen LogP contribution in [0, 0.1) is 29.4 Å². The Morgan fingerprint density at radius 3 is 2.43 bits per heavy atom. The van der Waals surface area contributed by atoms with Crippen LogP contribution in [0.15, 0.2) is 48.6 Å². The van der Waals surface area contributed by atoms with Crippen LogP contribution in [0.5, 0.6) is 5.75 Å². The summed E-state index contributed by atoms with van der Waals surface area (Å²) in [6.45, 7) is 4.16. The molecule has 0 saturated heterocycles. The van der Waals surface area contributed by atoms with E-state index < -0.39 is 11.6 Å². The third kappa shape index (κ3) is 4.04. The van der Waals surface area contributed by atoms with E-state index in [0.29, 0.717) is 18.1 Å². The molecule has 4 atom stereocenters. The lowest BCUT2D eigenvalue weighted by atomic mass is 9.84. The number of allylic oxidation sites excluding steroid dienone is 2. The Bertz CT molecular complexity index is 886. The van der Waals surface area contributed by atoms with Gasteiger partial charge in [-0.1, -0.05) is 36.4 Å². The second-order valence-corrected chi connectivity index (χ2v) is 8.79. The van der Waals surface area contributed by atoms with Gasteiger partial charge in [-0.05, 0) is 99.3 Å². The average molecular weight is 411 g/mol. The van der Waals surface area contributed by atoms with E-state index in [2.05, 4.69) is 31.2 Å². The van der Waals surface area contributed by atoms with Gasteiger partial charge in [0.25, 0.3) is 0 Å². The van der Waals surface area contributed by atoms with E-state index in [9.17, 15) is 8.78 Å². The number of rotatable bonds is 7. The van der Waals surface area contributed by atoms with Crippen molar-refractivity contribution in [1.82, 2.24) is 0 Å². The van der Waals surface area contributed by atoms with Gasteiger partial charge in [0.2, 0.25) is 5.82 Å². The number of hydrogen-bond donors (Lipinski definition) is 0. The van der Waals surface area contributed by atoms with Crippen LogP contribution in [-0.2, 0) is 0 Å². The first-order chi connectivity index (χ1) is 14.6. The van der Waals surface area contributed by atoms with Crippen molar-refractivity contribution in [2.24, 2.45) is 17.8 Å². The summed E-state index contributed by atoms with van der Waals surface area (Å²) in [6, 6.07) is 11.3. The fourth-order valence-corrected chi connectivity index (χ4v) is 5.90. The summed E-state index contributed by atoms with van der Waals surface area (Å²) in [5, 5.41) is 0. The van der Waals surface area contributed by atoms with Crippen molar-refractivity contribution in [3.63, 3.8) is 0 Å². The SMILES string of the molecule is C/C=C/CCC1CCC2C(c3ccc(-c4ccc(OCC)c(F)c4F)cc3)CCC12. The predicted octanol–water partition coefficient (Wildman–Crippen LogP) is 7.91. The highest BCUT2D eigenvalue weighted by Crippen LogP contribution is 2.55. The Hall–Kier alpha value is -2.16. The molecule has 0 bridgehead atoms. The largest absolute Gasteiger partial charge is 0.491 e. The lowest BCUT2D eigenvalue weighted by Crippen LogP contribution is -2.12. The Morgan fingerprint density at radius 1 is 0.933 bits per heavy atom. The molecule has 160 valence electrons. The van der Waals surface area contributed by atoms with Gasteiger partial charge in [-0.2, -0.15) is 4.39 Å². The third-order valence-electron chi connectivity index (χ3n) is 7.29. The second kappa shape index (κ2) is 9.32. The fraction of sp³-hybridized carbons (Fsp3) is 0.481. The predicted molar refractivity (Wildman–Crippen MR) is 119 cm³/mol. The standard InChI is InChI=1S/C27H32F2O/c1-3-5-6-7-18-12-13-24-21(18)14-15-22(24)19-8-10-20(11-9-19)23-16-17-25(30-4-2)27(29)26(23)28/h3,5,8-11,16-18,21-22,24H,4,6-7,12-15H2,1-2H3/b5-3+. The molecule has 0 spiro atoms. The zero-order valence-electron chi connectivity index (χ0n) is 18.0. The monoisotopic (exact) mass is 410 g/mol. The first-order valence-electron chi connectivity index (χ1n) is 11.5. The number of hydrogen-bond acceptors (Lipinski definition) is 1. The van der Waals surface area contributed by atoms with Crippen molar-refractivity contribution in [2.75, 3.05) is 6.61 Å². The highest BCUT2D eigenvalue weighted by atomic mass is 19.2. The molecule has 4 unspecified atom stereocenters. The van der Waals surface area contributed by atoms with Crippen molar-refractivity contribution >= 4 is 0 Å². The maximum atomic E-state index is 14.6. The minimum Gasteiger partial charge on any atom is -0.491 e. The minimum atomic E-state index is -0.910. The summed E-state index contributed by atoms with van der Waals surface area (Å²) in [6.07, 6.45) is 12.2. The van der Waals surface area contributed by atoms with Crippen LogP contribution in [0.4, 0.5) is 8.78 Å². The van der Waals surface area contributed by atoms with E-state index in [4.69, 9.17) is 4.74 Å². The molecule has 0 aliphatic heterocycles. The second-order valence-electron chi connectivity index (χ2n) is 8.79. The molecule has 1 nitrogen and oxygen atoms in total. The van der Waals surface area contributed by atoms with Gasteiger partial charge in [0, 0.05) is 5.56 Å². The lowest BCUT2D eigenvalue weighted by Gasteiger charge is -2.21. The molecule has 2 fully saturated rings. The van der Waals surface area contributed by atoms with Gasteiger partial charge in [-0.25, -0.2) is 4.39 Å². The molecule has 2 aromatic carbocycles. The van der Waals surface area contributed by atoms with Crippen molar-refractivity contribution in [3.05, 3.63) is 65.7 Å². The minimum absolute atomic E-state index is 0.0300. The zero-order chi connectivity index (χ0) is 21.1. The van der Waals surface area contributed by atoms with Gasteiger partial charge in [-0.3, -0.25) is 0 Å². The molecule has 30 heavy (non-hydrogen) atoms. The zero-order valence-corrected chi connectivity index (χ0v) is 18.0. The van der Waals surface area contributed by atoms with Crippen LogP contribution < -0.4 is 4.74 Å². The van der Waals surface area contributed by atoms with Gasteiger partial charge in [0.1, 0.15) is 0 Å². The first kappa shape index (κ1) is 21.1. The Labute approximate surface area is 179 Å². The molecule has 0 N–H and O–H groups in total. The molecule has 0 heterocycles. The smallest absolute Gasteiger partial charge is 0.201 e. The fourth-order valence-electron chi connectivity index (χ4n) is 5.90. The number of halogens is 2. The topological polar surface area (TPSA) is 9.23 Å². The van der Waals surface area contributed by atoms with Crippen molar-refractivity contribution in [3.8, 4) is 16.9 Å². The molecule has 2 aromatic rings. The maximum Gasteiger partial charge on any atom is 0.201 e. The van der Waals surface area contributed by atoms with Crippen molar-refractivity contribution in [2.45, 2.75) is 58.3 Å². The van der Waals surface area contributed by atoms with Gasteiger partial charge in [-0.15, -0.1) is 0 Å². The molecule has 4 rings (SSSR count). The summed E-state index contributed by atoms with van der Waals surface area (Å²) in [5.74, 6) is 1.34. The lowest BCUT2D eigenvalue weighted by molar-refractivity contribution is 0.314. The summed E-state index contributed by atoms with van der Waals surface area (Å²) < 4.78 is 34.0. The van der Waals surface area contributed by atoms with E-state index in [1.807, 2.05) is 12.1 Å².